The molecule has 0 spiro atoms. The van der Waals surface area contributed by atoms with E-state index in [9.17, 15) is 18.0 Å². The topological polar surface area (TPSA) is 75.7 Å². The van der Waals surface area contributed by atoms with Crippen LogP contribution in [0.25, 0.3) is 16.5 Å². The minimum atomic E-state index is -4.69. The zero-order chi connectivity index (χ0) is 23.3. The van der Waals surface area contributed by atoms with Crippen molar-refractivity contribution < 1.29 is 23.1 Å². The highest BCUT2D eigenvalue weighted by atomic mass is 35.5. The average Bonchev–Trinajstić information content (AvgIpc) is 3.23. The fraction of sp³-hybridized carbons (Fsp3) is 0.0435. The number of carboxylic acids is 1. The van der Waals surface area contributed by atoms with Gasteiger partial charge in [0.05, 0.1) is 21.3 Å². The van der Waals surface area contributed by atoms with E-state index in [-0.39, 0.29) is 5.71 Å². The Morgan fingerprint density at radius 3 is 2.38 bits per heavy atom. The lowest BCUT2D eigenvalue weighted by Crippen LogP contribution is -2.20. The van der Waals surface area contributed by atoms with Crippen LogP contribution < -0.4 is 5.73 Å². The molecule has 0 saturated heterocycles. The van der Waals surface area contributed by atoms with E-state index in [2.05, 4.69) is 4.99 Å². The van der Waals surface area contributed by atoms with Gasteiger partial charge in [-0.15, -0.1) is 11.3 Å². The number of halogens is 4. The molecule has 0 fully saturated rings. The Hall–Kier alpha value is -3.36. The number of hydrogen-bond donors (Lipinski definition) is 2. The minimum absolute atomic E-state index is 0.0326. The summed E-state index contributed by atoms with van der Waals surface area (Å²) >= 11 is 7.37. The van der Waals surface area contributed by atoms with Gasteiger partial charge in [-0.3, -0.25) is 0 Å². The van der Waals surface area contributed by atoms with Crippen molar-refractivity contribution in [2.75, 3.05) is 0 Å². The van der Waals surface area contributed by atoms with Gasteiger partial charge < -0.3 is 10.8 Å². The van der Waals surface area contributed by atoms with E-state index in [1.165, 1.54) is 17.4 Å². The number of benzene rings is 2. The molecular weight excluding hydrogens is 461 g/mol. The zero-order valence-corrected chi connectivity index (χ0v) is 17.9. The molecule has 164 valence electrons. The molecule has 3 rings (SSSR count). The Balaban J connectivity index is 1.99. The largest absolute Gasteiger partial charge is 0.478 e. The first-order valence-corrected chi connectivity index (χ1v) is 10.3. The zero-order valence-electron chi connectivity index (χ0n) is 16.3. The Labute approximate surface area is 190 Å². The quantitative estimate of drug-likeness (QED) is 0.307. The standard InChI is InChI=1S/C23H16ClF3N2O2S/c24-16-3-1-2-4-17(16)29-18(13-21(28)23(25,26)27)20-11-10-19(32-20)15-8-5-14(6-9-15)7-12-22(30)31/h1-13H,28H2,(H,30,31)/b12-7+,21-13?,29-18?. The van der Waals surface area contributed by atoms with Crippen LogP contribution in [0.1, 0.15) is 10.4 Å². The van der Waals surface area contributed by atoms with Crippen molar-refractivity contribution in [2.24, 2.45) is 10.7 Å². The Morgan fingerprint density at radius 1 is 1.06 bits per heavy atom. The first-order valence-electron chi connectivity index (χ1n) is 9.13. The van der Waals surface area contributed by atoms with Gasteiger partial charge in [0.1, 0.15) is 5.70 Å². The SMILES string of the molecule is NC(=CC(=Nc1ccccc1Cl)c1ccc(-c2ccc(/C=C/C(=O)O)cc2)s1)C(F)(F)F. The van der Waals surface area contributed by atoms with Crippen molar-refractivity contribution >= 4 is 46.4 Å². The van der Waals surface area contributed by atoms with Crippen LogP contribution in [0.3, 0.4) is 0 Å². The molecule has 2 aromatic carbocycles. The molecule has 1 aromatic heterocycles. The highest BCUT2D eigenvalue weighted by Crippen LogP contribution is 2.32. The van der Waals surface area contributed by atoms with Crippen LogP contribution in [-0.4, -0.2) is 23.0 Å². The number of carboxylic acid groups (broad SMARTS) is 1. The van der Waals surface area contributed by atoms with Gasteiger partial charge in [-0.25, -0.2) is 9.79 Å². The van der Waals surface area contributed by atoms with Crippen LogP contribution in [0, 0.1) is 0 Å². The number of aliphatic imine (C=N–C) groups is 1. The molecule has 0 aliphatic heterocycles. The summed E-state index contributed by atoms with van der Waals surface area (Å²) in [5.74, 6) is -1.05. The first-order chi connectivity index (χ1) is 15.1. The fourth-order valence-electron chi connectivity index (χ4n) is 2.62. The molecule has 0 bridgehead atoms. The summed E-state index contributed by atoms with van der Waals surface area (Å²) in [6.45, 7) is 0. The van der Waals surface area contributed by atoms with Crippen molar-refractivity contribution in [3.05, 3.63) is 94.0 Å². The molecule has 3 aromatic rings. The van der Waals surface area contributed by atoms with Crippen LogP contribution in [0.4, 0.5) is 18.9 Å². The molecule has 0 amide bonds. The summed E-state index contributed by atoms with van der Waals surface area (Å²) in [5, 5.41) is 9.01. The van der Waals surface area contributed by atoms with E-state index in [0.717, 1.165) is 22.6 Å². The molecule has 0 aliphatic carbocycles. The van der Waals surface area contributed by atoms with E-state index in [1.54, 1.807) is 60.7 Å². The lowest BCUT2D eigenvalue weighted by Gasteiger charge is -2.08. The number of alkyl halides is 3. The maximum absolute atomic E-state index is 13.1. The third-order valence-corrected chi connectivity index (χ3v) is 5.66. The second-order valence-electron chi connectivity index (χ2n) is 6.50. The second-order valence-corrected chi connectivity index (χ2v) is 7.99. The van der Waals surface area contributed by atoms with Gasteiger partial charge in [0.25, 0.3) is 0 Å². The molecular formula is C23H16ClF3N2O2S. The normalized spacial score (nSPS) is 13.0. The van der Waals surface area contributed by atoms with Crippen LogP contribution in [0.5, 0.6) is 0 Å². The predicted molar refractivity (Wildman–Crippen MR) is 122 cm³/mol. The van der Waals surface area contributed by atoms with Crippen LogP contribution >= 0.6 is 22.9 Å². The molecule has 3 N–H and O–H groups in total. The van der Waals surface area contributed by atoms with E-state index < -0.39 is 17.8 Å². The average molecular weight is 477 g/mol. The van der Waals surface area contributed by atoms with Crippen molar-refractivity contribution in [1.82, 2.24) is 0 Å². The van der Waals surface area contributed by atoms with E-state index >= 15 is 0 Å². The lowest BCUT2D eigenvalue weighted by atomic mass is 10.1. The molecule has 0 saturated carbocycles. The Bertz CT molecular complexity index is 1210. The first kappa shape index (κ1) is 23.3. The summed E-state index contributed by atoms with van der Waals surface area (Å²) in [6, 6.07) is 17.1. The minimum Gasteiger partial charge on any atom is -0.478 e. The number of nitrogens with zero attached hydrogens (tertiary/aromatic N) is 1. The van der Waals surface area contributed by atoms with Gasteiger partial charge in [-0.2, -0.15) is 13.2 Å². The molecule has 0 radical (unpaired) electrons. The number of carbonyl (C=O) groups is 1. The summed E-state index contributed by atoms with van der Waals surface area (Å²) < 4.78 is 39.2. The number of rotatable bonds is 6. The number of aliphatic carboxylic acids is 1. The number of thiophene rings is 1. The summed E-state index contributed by atoms with van der Waals surface area (Å²) in [4.78, 5) is 16.2. The highest BCUT2D eigenvalue weighted by molar-refractivity contribution is 7.17. The van der Waals surface area contributed by atoms with E-state index in [4.69, 9.17) is 22.4 Å². The fourth-order valence-corrected chi connectivity index (χ4v) is 3.77. The van der Waals surface area contributed by atoms with Gasteiger partial charge in [-0.1, -0.05) is 48.0 Å². The van der Waals surface area contributed by atoms with Gasteiger partial charge in [-0.05, 0) is 47.5 Å². The van der Waals surface area contributed by atoms with Gasteiger partial charge >= 0.3 is 12.1 Å². The third-order valence-electron chi connectivity index (χ3n) is 4.18. The van der Waals surface area contributed by atoms with Crippen molar-refractivity contribution in [3.8, 4) is 10.4 Å². The molecule has 4 nitrogen and oxygen atoms in total. The Morgan fingerprint density at radius 2 is 1.75 bits per heavy atom. The predicted octanol–water partition coefficient (Wildman–Crippen LogP) is 6.69. The van der Waals surface area contributed by atoms with Crippen molar-refractivity contribution in [3.63, 3.8) is 0 Å². The Kier molecular flexibility index (Phi) is 7.17. The molecule has 0 atom stereocenters. The number of allylic oxidation sites excluding steroid dienone is 2. The van der Waals surface area contributed by atoms with Crippen LogP contribution in [-0.2, 0) is 4.79 Å². The monoisotopic (exact) mass is 476 g/mol. The smallest absolute Gasteiger partial charge is 0.430 e. The third kappa shape index (κ3) is 6.09. The summed E-state index contributed by atoms with van der Waals surface area (Å²) in [6.07, 6.45) is -1.41. The number of nitrogens with two attached hydrogens (primary N) is 1. The second kappa shape index (κ2) is 9.84. The van der Waals surface area contributed by atoms with Gasteiger partial charge in [0, 0.05) is 11.0 Å². The van der Waals surface area contributed by atoms with Crippen LogP contribution in [0.2, 0.25) is 5.02 Å². The molecule has 1 heterocycles. The number of para-hydroxylation sites is 1. The molecule has 0 unspecified atom stereocenters. The van der Waals surface area contributed by atoms with Gasteiger partial charge in [0.2, 0.25) is 0 Å². The molecule has 0 aliphatic rings. The maximum atomic E-state index is 13.1. The van der Waals surface area contributed by atoms with E-state index in [1.807, 2.05) is 0 Å². The highest BCUT2D eigenvalue weighted by Gasteiger charge is 2.32. The van der Waals surface area contributed by atoms with Crippen LogP contribution in [0.15, 0.2) is 83.5 Å². The van der Waals surface area contributed by atoms with Crippen molar-refractivity contribution in [1.29, 1.82) is 0 Å². The van der Waals surface area contributed by atoms with Crippen molar-refractivity contribution in [2.45, 2.75) is 6.18 Å². The molecule has 32 heavy (non-hydrogen) atoms. The summed E-state index contributed by atoms with van der Waals surface area (Å²) in [7, 11) is 0. The lowest BCUT2D eigenvalue weighted by molar-refractivity contribution is -0.131. The molecule has 9 heteroatoms. The van der Waals surface area contributed by atoms with Gasteiger partial charge in [0.15, 0.2) is 0 Å². The van der Waals surface area contributed by atoms with E-state index in [0.29, 0.717) is 21.2 Å². The summed E-state index contributed by atoms with van der Waals surface area (Å²) in [5.41, 5.74) is 5.85. The number of hydrogen-bond acceptors (Lipinski definition) is 4. The maximum Gasteiger partial charge on any atom is 0.430 e.